The van der Waals surface area contributed by atoms with E-state index in [4.69, 9.17) is 0 Å². The van der Waals surface area contributed by atoms with Crippen LogP contribution in [0.1, 0.15) is 45.7 Å². The Hall–Kier alpha value is -2.67. The molecule has 0 aliphatic rings. The predicted molar refractivity (Wildman–Crippen MR) is 113 cm³/mol. The summed E-state index contributed by atoms with van der Waals surface area (Å²) in [7, 11) is 0. The molecule has 7 nitrogen and oxygen atoms in total. The highest BCUT2D eigenvalue weighted by Gasteiger charge is 2.17. The van der Waals surface area contributed by atoms with Crippen LogP contribution in [-0.2, 0) is 6.54 Å². The van der Waals surface area contributed by atoms with Crippen LogP contribution in [-0.4, -0.2) is 37.3 Å². The normalized spacial score (nSPS) is 13.6. The fourth-order valence-electron chi connectivity index (χ4n) is 2.95. The number of hydrogen-bond donors (Lipinski definition) is 3. The Morgan fingerprint density at radius 1 is 1.07 bits per heavy atom. The molecule has 0 aliphatic heterocycles. The molecule has 3 aromatic rings. The van der Waals surface area contributed by atoms with E-state index in [9.17, 15) is 5.11 Å². The van der Waals surface area contributed by atoms with E-state index >= 15 is 0 Å². The Kier molecular flexibility index (Phi) is 6.46. The second kappa shape index (κ2) is 9.01. The van der Waals surface area contributed by atoms with Crippen LogP contribution in [0.2, 0.25) is 0 Å². The number of nitrogens with zero attached hydrogens (tertiary/aromatic N) is 4. The first-order chi connectivity index (χ1) is 13.5. The van der Waals surface area contributed by atoms with Crippen molar-refractivity contribution in [2.75, 3.05) is 17.2 Å². The van der Waals surface area contributed by atoms with Gasteiger partial charge in [-0.15, -0.1) is 0 Å². The Labute approximate surface area is 166 Å². The highest BCUT2D eigenvalue weighted by Crippen LogP contribution is 2.24. The van der Waals surface area contributed by atoms with E-state index in [1.54, 1.807) is 6.33 Å². The first kappa shape index (κ1) is 20.1. The SMILES string of the molecule is CCC(C)C(O)CNc1nc(NCc2ccccc2)c2ncn(C(C)C)c2n1. The third kappa shape index (κ3) is 4.59. The molecule has 0 amide bonds. The van der Waals surface area contributed by atoms with Crippen molar-refractivity contribution in [3.05, 3.63) is 42.2 Å². The molecule has 28 heavy (non-hydrogen) atoms. The number of anilines is 2. The standard InChI is InChI=1S/C21H30N6O/c1-5-15(4)17(28)12-23-21-25-19(22-11-16-9-7-6-8-10-16)18-20(26-21)27(13-24-18)14(2)3/h6-10,13-15,17,28H,5,11-12H2,1-4H3,(H2,22,23,25,26). The lowest BCUT2D eigenvalue weighted by atomic mass is 10.0. The summed E-state index contributed by atoms with van der Waals surface area (Å²) in [6, 6.07) is 10.4. The van der Waals surface area contributed by atoms with Crippen molar-refractivity contribution < 1.29 is 5.11 Å². The van der Waals surface area contributed by atoms with Gasteiger partial charge in [0.25, 0.3) is 0 Å². The second-order valence-electron chi connectivity index (χ2n) is 7.49. The van der Waals surface area contributed by atoms with Crippen LogP contribution >= 0.6 is 0 Å². The minimum Gasteiger partial charge on any atom is -0.391 e. The van der Waals surface area contributed by atoms with Crippen LogP contribution in [0.4, 0.5) is 11.8 Å². The molecule has 3 rings (SSSR count). The van der Waals surface area contributed by atoms with Gasteiger partial charge in [-0.3, -0.25) is 0 Å². The average molecular weight is 383 g/mol. The lowest BCUT2D eigenvalue weighted by Crippen LogP contribution is -2.27. The van der Waals surface area contributed by atoms with Gasteiger partial charge in [-0.1, -0.05) is 50.6 Å². The van der Waals surface area contributed by atoms with Gasteiger partial charge in [-0.2, -0.15) is 9.97 Å². The van der Waals surface area contributed by atoms with Gasteiger partial charge in [0.1, 0.15) is 0 Å². The Morgan fingerprint density at radius 2 is 1.82 bits per heavy atom. The first-order valence-electron chi connectivity index (χ1n) is 9.93. The molecule has 0 radical (unpaired) electrons. The van der Waals surface area contributed by atoms with Crippen molar-refractivity contribution in [1.82, 2.24) is 19.5 Å². The number of fused-ring (bicyclic) bond motifs is 1. The third-order valence-corrected chi connectivity index (χ3v) is 5.05. The first-order valence-corrected chi connectivity index (χ1v) is 9.93. The van der Waals surface area contributed by atoms with E-state index < -0.39 is 6.10 Å². The molecule has 0 fully saturated rings. The van der Waals surface area contributed by atoms with Gasteiger partial charge in [0, 0.05) is 19.1 Å². The highest BCUT2D eigenvalue weighted by atomic mass is 16.3. The van der Waals surface area contributed by atoms with Crippen molar-refractivity contribution >= 4 is 22.9 Å². The maximum absolute atomic E-state index is 10.3. The zero-order valence-electron chi connectivity index (χ0n) is 17.1. The molecule has 0 saturated heterocycles. The Morgan fingerprint density at radius 3 is 2.50 bits per heavy atom. The smallest absolute Gasteiger partial charge is 0.226 e. The van der Waals surface area contributed by atoms with Crippen LogP contribution in [0.5, 0.6) is 0 Å². The average Bonchev–Trinajstić information content (AvgIpc) is 3.14. The predicted octanol–water partition coefficient (Wildman–Crippen LogP) is 3.84. The van der Waals surface area contributed by atoms with E-state index in [2.05, 4.69) is 58.5 Å². The van der Waals surface area contributed by atoms with Crippen molar-refractivity contribution in [1.29, 1.82) is 0 Å². The van der Waals surface area contributed by atoms with Gasteiger partial charge < -0.3 is 20.3 Å². The lowest BCUT2D eigenvalue weighted by Gasteiger charge is -2.18. The third-order valence-electron chi connectivity index (χ3n) is 5.05. The van der Waals surface area contributed by atoms with Crippen LogP contribution in [0, 0.1) is 5.92 Å². The van der Waals surface area contributed by atoms with Gasteiger partial charge in [-0.25, -0.2) is 4.98 Å². The Balaban J connectivity index is 1.87. The maximum atomic E-state index is 10.3. The van der Waals surface area contributed by atoms with Gasteiger partial charge in [0.15, 0.2) is 17.0 Å². The molecule has 1 aromatic carbocycles. The van der Waals surface area contributed by atoms with E-state index in [1.165, 1.54) is 5.56 Å². The number of rotatable bonds is 9. The molecule has 150 valence electrons. The molecule has 0 bridgehead atoms. The summed E-state index contributed by atoms with van der Waals surface area (Å²) in [5.74, 6) is 1.40. The number of aromatic nitrogens is 4. The second-order valence-corrected chi connectivity index (χ2v) is 7.49. The zero-order chi connectivity index (χ0) is 20.1. The van der Waals surface area contributed by atoms with E-state index in [0.29, 0.717) is 24.9 Å². The fraction of sp³-hybridized carbons (Fsp3) is 0.476. The molecule has 2 unspecified atom stereocenters. The van der Waals surface area contributed by atoms with E-state index in [1.807, 2.05) is 29.7 Å². The van der Waals surface area contributed by atoms with E-state index in [0.717, 1.165) is 17.6 Å². The summed E-state index contributed by atoms with van der Waals surface area (Å²) >= 11 is 0. The number of hydrogen-bond acceptors (Lipinski definition) is 6. The molecule has 7 heteroatoms. The topological polar surface area (TPSA) is 87.9 Å². The van der Waals surface area contributed by atoms with Crippen molar-refractivity contribution in [3.8, 4) is 0 Å². The number of nitrogens with one attached hydrogen (secondary N) is 2. The van der Waals surface area contributed by atoms with Crippen molar-refractivity contribution in [2.24, 2.45) is 5.92 Å². The lowest BCUT2D eigenvalue weighted by molar-refractivity contribution is 0.126. The van der Waals surface area contributed by atoms with E-state index in [-0.39, 0.29) is 12.0 Å². The van der Waals surface area contributed by atoms with Gasteiger partial charge in [0.2, 0.25) is 5.95 Å². The van der Waals surface area contributed by atoms with Gasteiger partial charge in [0.05, 0.1) is 12.4 Å². The van der Waals surface area contributed by atoms with Crippen LogP contribution in [0.15, 0.2) is 36.7 Å². The number of aliphatic hydroxyl groups is 1. The summed E-state index contributed by atoms with van der Waals surface area (Å²) in [6.07, 6.45) is 2.28. The molecule has 0 aliphatic carbocycles. The van der Waals surface area contributed by atoms with Crippen molar-refractivity contribution in [2.45, 2.75) is 52.8 Å². The summed E-state index contributed by atoms with van der Waals surface area (Å²) in [5, 5.41) is 16.8. The molecular formula is C21H30N6O. The summed E-state index contributed by atoms with van der Waals surface area (Å²) < 4.78 is 2.03. The summed E-state index contributed by atoms with van der Waals surface area (Å²) in [4.78, 5) is 13.8. The number of imidazole rings is 1. The molecule has 0 saturated carbocycles. The summed E-state index contributed by atoms with van der Waals surface area (Å²) in [5.41, 5.74) is 2.69. The molecule has 0 spiro atoms. The Bertz CT molecular complexity index is 893. The van der Waals surface area contributed by atoms with Crippen LogP contribution < -0.4 is 10.6 Å². The van der Waals surface area contributed by atoms with Gasteiger partial charge >= 0.3 is 0 Å². The number of benzene rings is 1. The largest absolute Gasteiger partial charge is 0.391 e. The molecular weight excluding hydrogens is 352 g/mol. The monoisotopic (exact) mass is 382 g/mol. The van der Waals surface area contributed by atoms with Crippen LogP contribution in [0.25, 0.3) is 11.2 Å². The fourth-order valence-corrected chi connectivity index (χ4v) is 2.95. The highest BCUT2D eigenvalue weighted by molar-refractivity contribution is 5.84. The quantitative estimate of drug-likeness (QED) is 0.521. The molecule has 2 heterocycles. The van der Waals surface area contributed by atoms with Crippen molar-refractivity contribution in [3.63, 3.8) is 0 Å². The maximum Gasteiger partial charge on any atom is 0.226 e. The van der Waals surface area contributed by atoms with Crippen LogP contribution in [0.3, 0.4) is 0 Å². The minimum atomic E-state index is -0.444. The molecule has 2 atom stereocenters. The summed E-state index contributed by atoms with van der Waals surface area (Å²) in [6.45, 7) is 9.37. The minimum absolute atomic E-state index is 0.216. The molecule has 3 N–H and O–H groups in total. The van der Waals surface area contributed by atoms with Gasteiger partial charge in [-0.05, 0) is 25.3 Å². The number of aliphatic hydroxyl groups excluding tert-OH is 1. The zero-order valence-corrected chi connectivity index (χ0v) is 17.1. The molecule has 2 aromatic heterocycles.